The number of rotatable bonds is 3. The summed E-state index contributed by atoms with van der Waals surface area (Å²) < 4.78 is 24.0. The van der Waals surface area contributed by atoms with Gasteiger partial charge in [-0.2, -0.15) is 0 Å². The Morgan fingerprint density at radius 3 is 2.57 bits per heavy atom. The first-order chi connectivity index (χ1) is 6.50. The molecule has 0 saturated heterocycles. The average Bonchev–Trinajstić information content (AvgIpc) is 2.01. The van der Waals surface area contributed by atoms with Crippen molar-refractivity contribution in [3.8, 4) is 5.75 Å². The topological polar surface area (TPSA) is 46.2 Å². The molecule has 1 rings (SSSR count). The Bertz CT molecular complexity index is 315. The molecule has 0 fully saturated rings. The standard InChI is InChI=1S/C10H13F2NO/c1-6-2-3-7(9(14)4-6)8(13)5-10(11)12/h2-4,8,10,14H,5,13H2,1H3/t8-/m1/s1. The van der Waals surface area contributed by atoms with Gasteiger partial charge in [0, 0.05) is 18.0 Å². The fourth-order valence-corrected chi connectivity index (χ4v) is 1.29. The third kappa shape index (κ3) is 2.67. The zero-order valence-electron chi connectivity index (χ0n) is 7.87. The van der Waals surface area contributed by atoms with Crippen molar-refractivity contribution >= 4 is 0 Å². The van der Waals surface area contributed by atoms with E-state index >= 15 is 0 Å². The number of phenols is 1. The summed E-state index contributed by atoms with van der Waals surface area (Å²) in [6.45, 7) is 1.81. The highest BCUT2D eigenvalue weighted by Crippen LogP contribution is 2.27. The Morgan fingerprint density at radius 1 is 1.43 bits per heavy atom. The molecule has 4 heteroatoms. The summed E-state index contributed by atoms with van der Waals surface area (Å²) >= 11 is 0. The molecule has 1 aromatic carbocycles. The maximum absolute atomic E-state index is 12.0. The van der Waals surface area contributed by atoms with Crippen molar-refractivity contribution in [2.45, 2.75) is 25.8 Å². The van der Waals surface area contributed by atoms with Crippen LogP contribution in [-0.2, 0) is 0 Å². The molecule has 0 heterocycles. The summed E-state index contributed by atoms with van der Waals surface area (Å²) in [6.07, 6.45) is -2.89. The van der Waals surface area contributed by atoms with Gasteiger partial charge in [-0.05, 0) is 18.6 Å². The number of hydrogen-bond acceptors (Lipinski definition) is 2. The number of alkyl halides is 2. The van der Waals surface area contributed by atoms with Crippen molar-refractivity contribution in [3.63, 3.8) is 0 Å². The van der Waals surface area contributed by atoms with Gasteiger partial charge in [-0.25, -0.2) is 8.78 Å². The molecular weight excluding hydrogens is 188 g/mol. The van der Waals surface area contributed by atoms with Gasteiger partial charge in [-0.15, -0.1) is 0 Å². The van der Waals surface area contributed by atoms with Crippen LogP contribution in [0.5, 0.6) is 5.75 Å². The zero-order valence-corrected chi connectivity index (χ0v) is 7.87. The number of halogens is 2. The molecule has 0 aliphatic heterocycles. The van der Waals surface area contributed by atoms with Gasteiger partial charge in [0.25, 0.3) is 0 Å². The van der Waals surface area contributed by atoms with Crippen LogP contribution in [0.4, 0.5) is 8.78 Å². The molecule has 1 aromatic rings. The molecule has 0 amide bonds. The normalized spacial score (nSPS) is 13.2. The van der Waals surface area contributed by atoms with Crippen LogP contribution in [0, 0.1) is 6.92 Å². The predicted molar refractivity (Wildman–Crippen MR) is 50.4 cm³/mol. The molecular formula is C10H13F2NO. The lowest BCUT2D eigenvalue weighted by molar-refractivity contribution is 0.128. The smallest absolute Gasteiger partial charge is 0.240 e. The Balaban J connectivity index is 2.84. The van der Waals surface area contributed by atoms with Gasteiger partial charge in [0.1, 0.15) is 5.75 Å². The quantitative estimate of drug-likeness (QED) is 0.788. The molecule has 0 aromatic heterocycles. The van der Waals surface area contributed by atoms with E-state index in [4.69, 9.17) is 5.73 Å². The van der Waals surface area contributed by atoms with Gasteiger partial charge >= 0.3 is 0 Å². The molecule has 14 heavy (non-hydrogen) atoms. The molecule has 0 radical (unpaired) electrons. The minimum Gasteiger partial charge on any atom is -0.508 e. The second-order valence-corrected chi connectivity index (χ2v) is 3.30. The van der Waals surface area contributed by atoms with Crippen molar-refractivity contribution in [1.82, 2.24) is 0 Å². The lowest BCUT2D eigenvalue weighted by atomic mass is 10.0. The lowest BCUT2D eigenvalue weighted by Gasteiger charge is -2.13. The zero-order chi connectivity index (χ0) is 10.7. The van der Waals surface area contributed by atoms with Crippen LogP contribution in [0.25, 0.3) is 0 Å². The number of phenolic OH excluding ortho intramolecular Hbond substituents is 1. The second-order valence-electron chi connectivity index (χ2n) is 3.30. The summed E-state index contributed by atoms with van der Waals surface area (Å²) in [4.78, 5) is 0. The molecule has 0 saturated carbocycles. The maximum Gasteiger partial charge on any atom is 0.240 e. The second kappa shape index (κ2) is 4.37. The highest BCUT2D eigenvalue weighted by Gasteiger charge is 2.15. The Kier molecular flexibility index (Phi) is 3.41. The minimum absolute atomic E-state index is 0.0156. The van der Waals surface area contributed by atoms with E-state index in [0.29, 0.717) is 5.56 Å². The van der Waals surface area contributed by atoms with E-state index < -0.39 is 18.9 Å². The Morgan fingerprint density at radius 2 is 2.07 bits per heavy atom. The summed E-state index contributed by atoms with van der Waals surface area (Å²) in [5, 5.41) is 9.45. The van der Waals surface area contributed by atoms with Crippen LogP contribution >= 0.6 is 0 Å². The monoisotopic (exact) mass is 201 g/mol. The maximum atomic E-state index is 12.0. The average molecular weight is 201 g/mol. The van der Waals surface area contributed by atoms with Gasteiger partial charge in [0.2, 0.25) is 6.43 Å². The van der Waals surface area contributed by atoms with Gasteiger partial charge in [-0.1, -0.05) is 12.1 Å². The first kappa shape index (κ1) is 10.9. The van der Waals surface area contributed by atoms with Crippen molar-refractivity contribution in [2.24, 2.45) is 5.73 Å². The number of aryl methyl sites for hydroxylation is 1. The molecule has 78 valence electrons. The summed E-state index contributed by atoms with van der Waals surface area (Å²) in [7, 11) is 0. The van der Waals surface area contributed by atoms with Crippen LogP contribution in [-0.4, -0.2) is 11.5 Å². The molecule has 0 aliphatic carbocycles. The molecule has 0 spiro atoms. The third-order valence-electron chi connectivity index (χ3n) is 2.02. The molecule has 0 bridgehead atoms. The van der Waals surface area contributed by atoms with Crippen LogP contribution in [0.1, 0.15) is 23.6 Å². The van der Waals surface area contributed by atoms with Crippen LogP contribution < -0.4 is 5.73 Å². The van der Waals surface area contributed by atoms with Gasteiger partial charge in [0.15, 0.2) is 0 Å². The number of nitrogens with two attached hydrogens (primary N) is 1. The first-order valence-corrected chi connectivity index (χ1v) is 4.34. The van der Waals surface area contributed by atoms with Crippen LogP contribution in [0.3, 0.4) is 0 Å². The SMILES string of the molecule is Cc1ccc([C@H](N)CC(F)F)c(O)c1. The Hall–Kier alpha value is -1.16. The summed E-state index contributed by atoms with van der Waals surface area (Å²) in [5.41, 5.74) is 6.75. The number of benzene rings is 1. The molecule has 1 atom stereocenters. The van der Waals surface area contributed by atoms with E-state index in [1.54, 1.807) is 12.1 Å². The number of aromatic hydroxyl groups is 1. The molecule has 2 nitrogen and oxygen atoms in total. The molecule has 0 unspecified atom stereocenters. The van der Waals surface area contributed by atoms with E-state index in [2.05, 4.69) is 0 Å². The predicted octanol–water partition coefficient (Wildman–Crippen LogP) is 2.36. The van der Waals surface area contributed by atoms with E-state index in [9.17, 15) is 13.9 Å². The minimum atomic E-state index is -2.45. The molecule has 3 N–H and O–H groups in total. The van der Waals surface area contributed by atoms with Crippen molar-refractivity contribution in [3.05, 3.63) is 29.3 Å². The summed E-state index contributed by atoms with van der Waals surface area (Å²) in [6, 6.07) is 4.02. The first-order valence-electron chi connectivity index (χ1n) is 4.34. The third-order valence-corrected chi connectivity index (χ3v) is 2.02. The van der Waals surface area contributed by atoms with Crippen molar-refractivity contribution in [2.75, 3.05) is 0 Å². The van der Waals surface area contributed by atoms with Crippen LogP contribution in [0.2, 0.25) is 0 Å². The highest BCUT2D eigenvalue weighted by molar-refractivity contribution is 5.37. The Labute approximate surface area is 81.4 Å². The number of hydrogen-bond donors (Lipinski definition) is 2. The highest BCUT2D eigenvalue weighted by atomic mass is 19.3. The van der Waals surface area contributed by atoms with E-state index in [1.807, 2.05) is 6.92 Å². The summed E-state index contributed by atoms with van der Waals surface area (Å²) in [5.74, 6) is -0.0156. The van der Waals surface area contributed by atoms with E-state index in [1.165, 1.54) is 6.07 Å². The van der Waals surface area contributed by atoms with Gasteiger partial charge in [0.05, 0.1) is 0 Å². The fourth-order valence-electron chi connectivity index (χ4n) is 1.29. The largest absolute Gasteiger partial charge is 0.508 e. The molecule has 0 aliphatic rings. The van der Waals surface area contributed by atoms with E-state index in [-0.39, 0.29) is 5.75 Å². The van der Waals surface area contributed by atoms with Crippen molar-refractivity contribution in [1.29, 1.82) is 0 Å². The van der Waals surface area contributed by atoms with Crippen LogP contribution in [0.15, 0.2) is 18.2 Å². The van der Waals surface area contributed by atoms with Gasteiger partial charge in [-0.3, -0.25) is 0 Å². The van der Waals surface area contributed by atoms with E-state index in [0.717, 1.165) is 5.56 Å². The van der Waals surface area contributed by atoms with Crippen molar-refractivity contribution < 1.29 is 13.9 Å². The van der Waals surface area contributed by atoms with Gasteiger partial charge < -0.3 is 10.8 Å². The lowest BCUT2D eigenvalue weighted by Crippen LogP contribution is -2.14. The fraction of sp³-hybridized carbons (Fsp3) is 0.400.